The summed E-state index contributed by atoms with van der Waals surface area (Å²) < 4.78 is 8.24. The highest BCUT2D eigenvalue weighted by Crippen LogP contribution is 2.26. The standard InChI is InChI=1S/C23H29N3O2/c1-4-23(27)24-16-22-25-19-11-6-7-12-20(19)26(22)14-9-15-28-21-13-8-5-10-18(21)17(2)3/h5-8,10-13,17H,4,9,14-16H2,1-3H3,(H,24,27). The van der Waals surface area contributed by atoms with Gasteiger partial charge in [0.1, 0.15) is 11.6 Å². The third kappa shape index (κ3) is 4.71. The lowest BCUT2D eigenvalue weighted by molar-refractivity contribution is -0.120. The van der Waals surface area contributed by atoms with Crippen molar-refractivity contribution in [2.45, 2.75) is 52.6 Å². The Morgan fingerprint density at radius 1 is 1.14 bits per heavy atom. The van der Waals surface area contributed by atoms with Gasteiger partial charge in [-0.25, -0.2) is 4.98 Å². The number of carbonyl (C=O) groups is 1. The summed E-state index contributed by atoms with van der Waals surface area (Å²) in [5, 5.41) is 2.93. The first kappa shape index (κ1) is 19.9. The number of carbonyl (C=O) groups excluding carboxylic acids is 1. The van der Waals surface area contributed by atoms with Crippen LogP contribution < -0.4 is 10.1 Å². The van der Waals surface area contributed by atoms with Crippen LogP contribution in [0.2, 0.25) is 0 Å². The number of aryl methyl sites for hydroxylation is 1. The van der Waals surface area contributed by atoms with Gasteiger partial charge in [0.25, 0.3) is 0 Å². The number of hydrogen-bond acceptors (Lipinski definition) is 3. The molecule has 2 aromatic carbocycles. The maximum absolute atomic E-state index is 11.6. The van der Waals surface area contributed by atoms with E-state index in [1.807, 2.05) is 37.3 Å². The lowest BCUT2D eigenvalue weighted by atomic mass is 10.0. The summed E-state index contributed by atoms with van der Waals surface area (Å²) in [6.07, 6.45) is 1.34. The molecule has 1 aromatic heterocycles. The van der Waals surface area contributed by atoms with Crippen molar-refractivity contribution in [1.29, 1.82) is 0 Å². The highest BCUT2D eigenvalue weighted by atomic mass is 16.5. The lowest BCUT2D eigenvalue weighted by Crippen LogP contribution is -2.24. The van der Waals surface area contributed by atoms with E-state index in [2.05, 4.69) is 41.9 Å². The van der Waals surface area contributed by atoms with Gasteiger partial charge in [-0.3, -0.25) is 4.79 Å². The van der Waals surface area contributed by atoms with Crippen LogP contribution in [0.3, 0.4) is 0 Å². The first-order valence-electron chi connectivity index (χ1n) is 10.0. The van der Waals surface area contributed by atoms with Crippen LogP contribution in [0.4, 0.5) is 0 Å². The normalized spacial score (nSPS) is 11.1. The predicted octanol–water partition coefficient (Wildman–Crippen LogP) is 4.66. The molecule has 3 rings (SSSR count). The second kappa shape index (κ2) is 9.40. The number of nitrogens with one attached hydrogen (secondary N) is 1. The van der Waals surface area contributed by atoms with E-state index in [0.29, 0.717) is 25.5 Å². The molecule has 0 bridgehead atoms. The summed E-state index contributed by atoms with van der Waals surface area (Å²) in [6, 6.07) is 16.3. The molecular weight excluding hydrogens is 350 g/mol. The minimum absolute atomic E-state index is 0.0345. The number of rotatable bonds is 9. The SMILES string of the molecule is CCC(=O)NCc1nc2ccccc2n1CCCOc1ccccc1C(C)C. The van der Waals surface area contributed by atoms with Gasteiger partial charge < -0.3 is 14.6 Å². The molecule has 1 amide bonds. The molecule has 1 N–H and O–H groups in total. The van der Waals surface area contributed by atoms with Crippen molar-refractivity contribution in [1.82, 2.24) is 14.9 Å². The van der Waals surface area contributed by atoms with Gasteiger partial charge in [-0.15, -0.1) is 0 Å². The highest BCUT2D eigenvalue weighted by molar-refractivity contribution is 5.77. The molecule has 28 heavy (non-hydrogen) atoms. The maximum atomic E-state index is 11.6. The number of benzene rings is 2. The second-order valence-electron chi connectivity index (χ2n) is 7.19. The molecule has 0 fully saturated rings. The molecule has 0 atom stereocenters. The molecular formula is C23H29N3O2. The van der Waals surface area contributed by atoms with Gasteiger partial charge in [-0.05, 0) is 36.1 Å². The number of fused-ring (bicyclic) bond motifs is 1. The lowest BCUT2D eigenvalue weighted by Gasteiger charge is -2.14. The number of imidazole rings is 1. The fraction of sp³-hybridized carbons (Fsp3) is 0.391. The van der Waals surface area contributed by atoms with Crippen molar-refractivity contribution < 1.29 is 9.53 Å². The molecule has 0 aliphatic rings. The van der Waals surface area contributed by atoms with E-state index in [4.69, 9.17) is 9.72 Å². The van der Waals surface area contributed by atoms with Crippen molar-refractivity contribution >= 4 is 16.9 Å². The fourth-order valence-electron chi connectivity index (χ4n) is 3.31. The minimum atomic E-state index is 0.0345. The Balaban J connectivity index is 1.67. The summed E-state index contributed by atoms with van der Waals surface area (Å²) >= 11 is 0. The van der Waals surface area contributed by atoms with Gasteiger partial charge in [-0.2, -0.15) is 0 Å². The van der Waals surface area contributed by atoms with Crippen molar-refractivity contribution in [3.05, 3.63) is 59.9 Å². The summed E-state index contributed by atoms with van der Waals surface area (Å²) in [5.41, 5.74) is 3.28. The van der Waals surface area contributed by atoms with Crippen LogP contribution in [0.15, 0.2) is 48.5 Å². The Morgan fingerprint density at radius 2 is 1.89 bits per heavy atom. The molecule has 0 saturated carbocycles. The van der Waals surface area contributed by atoms with Crippen molar-refractivity contribution in [2.24, 2.45) is 0 Å². The summed E-state index contributed by atoms with van der Waals surface area (Å²) in [5.74, 6) is 2.31. The largest absolute Gasteiger partial charge is 0.493 e. The molecule has 0 aliphatic heterocycles. The van der Waals surface area contributed by atoms with Crippen LogP contribution in [0.5, 0.6) is 5.75 Å². The second-order valence-corrected chi connectivity index (χ2v) is 7.19. The van der Waals surface area contributed by atoms with Crippen molar-refractivity contribution in [3.63, 3.8) is 0 Å². The Kier molecular flexibility index (Phi) is 6.69. The van der Waals surface area contributed by atoms with E-state index in [9.17, 15) is 4.79 Å². The molecule has 0 saturated heterocycles. The number of para-hydroxylation sites is 3. The molecule has 3 aromatic rings. The van der Waals surface area contributed by atoms with E-state index < -0.39 is 0 Å². The molecule has 0 radical (unpaired) electrons. The average Bonchev–Trinajstić information content (AvgIpc) is 3.07. The number of ether oxygens (including phenoxy) is 1. The molecule has 0 spiro atoms. The Labute approximate surface area is 166 Å². The van der Waals surface area contributed by atoms with Crippen LogP contribution in [0.25, 0.3) is 11.0 Å². The van der Waals surface area contributed by atoms with Crippen LogP contribution in [0.1, 0.15) is 50.9 Å². The molecule has 5 heteroatoms. The van der Waals surface area contributed by atoms with E-state index in [-0.39, 0.29) is 5.91 Å². The van der Waals surface area contributed by atoms with Crippen LogP contribution in [0, 0.1) is 0 Å². The zero-order chi connectivity index (χ0) is 19.9. The van der Waals surface area contributed by atoms with E-state index in [1.54, 1.807) is 0 Å². The topological polar surface area (TPSA) is 56.2 Å². The van der Waals surface area contributed by atoms with Crippen LogP contribution in [-0.2, 0) is 17.9 Å². The third-order valence-corrected chi connectivity index (χ3v) is 4.82. The predicted molar refractivity (Wildman–Crippen MR) is 113 cm³/mol. The monoisotopic (exact) mass is 379 g/mol. The molecule has 5 nitrogen and oxygen atoms in total. The smallest absolute Gasteiger partial charge is 0.220 e. The van der Waals surface area contributed by atoms with Crippen molar-refractivity contribution in [3.8, 4) is 5.75 Å². The third-order valence-electron chi connectivity index (χ3n) is 4.82. The number of aromatic nitrogens is 2. The van der Waals surface area contributed by atoms with Gasteiger partial charge in [0.05, 0.1) is 24.2 Å². The van der Waals surface area contributed by atoms with Gasteiger partial charge in [0.15, 0.2) is 0 Å². The number of nitrogens with zero attached hydrogens (tertiary/aromatic N) is 2. The molecule has 148 valence electrons. The van der Waals surface area contributed by atoms with Crippen LogP contribution in [-0.4, -0.2) is 22.1 Å². The Bertz CT molecular complexity index is 930. The molecule has 0 aliphatic carbocycles. The first-order valence-corrected chi connectivity index (χ1v) is 10.0. The van der Waals surface area contributed by atoms with E-state index >= 15 is 0 Å². The van der Waals surface area contributed by atoms with Crippen molar-refractivity contribution in [2.75, 3.05) is 6.61 Å². The minimum Gasteiger partial charge on any atom is -0.493 e. The Hall–Kier alpha value is -2.82. The van der Waals surface area contributed by atoms with Gasteiger partial charge in [0, 0.05) is 13.0 Å². The molecule has 0 unspecified atom stereocenters. The van der Waals surface area contributed by atoms with Gasteiger partial charge >= 0.3 is 0 Å². The highest BCUT2D eigenvalue weighted by Gasteiger charge is 2.12. The zero-order valence-electron chi connectivity index (χ0n) is 16.9. The zero-order valence-corrected chi connectivity index (χ0v) is 16.9. The summed E-state index contributed by atoms with van der Waals surface area (Å²) in [7, 11) is 0. The van der Waals surface area contributed by atoms with E-state index in [0.717, 1.165) is 35.6 Å². The molecule has 1 heterocycles. The number of hydrogen-bond donors (Lipinski definition) is 1. The van der Waals surface area contributed by atoms with Gasteiger partial charge in [-0.1, -0.05) is 51.1 Å². The maximum Gasteiger partial charge on any atom is 0.220 e. The average molecular weight is 380 g/mol. The number of amides is 1. The van der Waals surface area contributed by atoms with Crippen LogP contribution >= 0.6 is 0 Å². The fourth-order valence-corrected chi connectivity index (χ4v) is 3.31. The summed E-state index contributed by atoms with van der Waals surface area (Å²) in [4.78, 5) is 16.3. The first-order chi connectivity index (χ1) is 13.6. The Morgan fingerprint density at radius 3 is 2.68 bits per heavy atom. The van der Waals surface area contributed by atoms with Gasteiger partial charge in [0.2, 0.25) is 5.91 Å². The quantitative estimate of drug-likeness (QED) is 0.550. The van der Waals surface area contributed by atoms with E-state index in [1.165, 1.54) is 5.56 Å². The summed E-state index contributed by atoms with van der Waals surface area (Å²) in [6.45, 7) is 8.08.